The maximum absolute atomic E-state index is 11.6. The zero-order chi connectivity index (χ0) is 11.3. The number of aromatic nitrogens is 1. The molecule has 15 heavy (non-hydrogen) atoms. The normalized spacial score (nSPS) is 12.5. The Morgan fingerprint density at radius 1 is 1.73 bits per heavy atom. The minimum atomic E-state index is -0.0965. The Balaban J connectivity index is 2.36. The summed E-state index contributed by atoms with van der Waals surface area (Å²) in [6, 6.07) is 0. The average Bonchev–Trinajstić information content (AvgIpc) is 2.62. The molecule has 84 valence electrons. The van der Waals surface area contributed by atoms with Crippen LogP contribution < -0.4 is 5.32 Å². The van der Waals surface area contributed by atoms with Crippen LogP contribution in [0.25, 0.3) is 0 Å². The predicted octanol–water partition coefficient (Wildman–Crippen LogP) is 2.45. The van der Waals surface area contributed by atoms with Crippen LogP contribution in [0, 0.1) is 12.8 Å². The average molecular weight is 247 g/mol. The van der Waals surface area contributed by atoms with E-state index in [9.17, 15) is 4.79 Å². The van der Waals surface area contributed by atoms with E-state index in [1.807, 2.05) is 6.92 Å². The van der Waals surface area contributed by atoms with Gasteiger partial charge in [0.15, 0.2) is 0 Å². The molecule has 0 aliphatic rings. The third-order valence-electron chi connectivity index (χ3n) is 2.06. The van der Waals surface area contributed by atoms with Crippen LogP contribution in [0.1, 0.15) is 28.8 Å². The van der Waals surface area contributed by atoms with Gasteiger partial charge in [0, 0.05) is 17.8 Å². The summed E-state index contributed by atoms with van der Waals surface area (Å²) in [5, 5.41) is 5.53. The van der Waals surface area contributed by atoms with E-state index in [4.69, 9.17) is 11.6 Å². The first-order valence-corrected chi connectivity index (χ1v) is 6.31. The number of hydrogen-bond acceptors (Lipinski definition) is 3. The van der Waals surface area contributed by atoms with Gasteiger partial charge in [0.2, 0.25) is 0 Å². The SMILES string of the molecule is Cc1nc(C(=O)NCC(C)CCCl)cs1. The Morgan fingerprint density at radius 2 is 2.47 bits per heavy atom. The summed E-state index contributed by atoms with van der Waals surface area (Å²) in [7, 11) is 0. The topological polar surface area (TPSA) is 42.0 Å². The van der Waals surface area contributed by atoms with E-state index in [0.29, 0.717) is 24.0 Å². The fraction of sp³-hybridized carbons (Fsp3) is 0.600. The molecule has 0 fully saturated rings. The van der Waals surface area contributed by atoms with Crippen molar-refractivity contribution in [2.24, 2.45) is 5.92 Å². The Labute approximate surface area is 98.9 Å². The first kappa shape index (κ1) is 12.5. The highest BCUT2D eigenvalue weighted by Gasteiger charge is 2.10. The largest absolute Gasteiger partial charge is 0.350 e. The molecule has 0 radical (unpaired) electrons. The number of halogens is 1. The summed E-state index contributed by atoms with van der Waals surface area (Å²) in [6.45, 7) is 4.61. The van der Waals surface area contributed by atoms with Crippen molar-refractivity contribution in [1.29, 1.82) is 0 Å². The lowest BCUT2D eigenvalue weighted by Crippen LogP contribution is -2.28. The van der Waals surface area contributed by atoms with E-state index in [1.54, 1.807) is 5.38 Å². The monoisotopic (exact) mass is 246 g/mol. The smallest absolute Gasteiger partial charge is 0.270 e. The highest BCUT2D eigenvalue weighted by Crippen LogP contribution is 2.08. The number of alkyl halides is 1. The Hall–Kier alpha value is -0.610. The quantitative estimate of drug-likeness (QED) is 0.811. The minimum Gasteiger partial charge on any atom is -0.350 e. The second kappa shape index (κ2) is 6.08. The minimum absolute atomic E-state index is 0.0965. The van der Waals surface area contributed by atoms with E-state index in [2.05, 4.69) is 17.2 Å². The van der Waals surface area contributed by atoms with Gasteiger partial charge in [-0.1, -0.05) is 6.92 Å². The zero-order valence-corrected chi connectivity index (χ0v) is 10.5. The van der Waals surface area contributed by atoms with Crippen LogP contribution in [0.5, 0.6) is 0 Å². The van der Waals surface area contributed by atoms with E-state index < -0.39 is 0 Å². The summed E-state index contributed by atoms with van der Waals surface area (Å²) < 4.78 is 0. The van der Waals surface area contributed by atoms with Gasteiger partial charge >= 0.3 is 0 Å². The Morgan fingerprint density at radius 3 is 3.00 bits per heavy atom. The first-order valence-electron chi connectivity index (χ1n) is 4.89. The molecule has 0 spiro atoms. The van der Waals surface area contributed by atoms with Crippen molar-refractivity contribution in [3.63, 3.8) is 0 Å². The number of amides is 1. The lowest BCUT2D eigenvalue weighted by molar-refractivity contribution is 0.0943. The number of carbonyl (C=O) groups excluding carboxylic acids is 1. The molecule has 0 aliphatic heterocycles. The Kier molecular flexibility index (Phi) is 5.05. The van der Waals surface area contributed by atoms with Gasteiger partial charge in [0.25, 0.3) is 5.91 Å². The van der Waals surface area contributed by atoms with Crippen molar-refractivity contribution in [1.82, 2.24) is 10.3 Å². The molecule has 0 aromatic carbocycles. The molecule has 0 saturated carbocycles. The van der Waals surface area contributed by atoms with Crippen LogP contribution in [0.2, 0.25) is 0 Å². The maximum Gasteiger partial charge on any atom is 0.270 e. The third-order valence-corrected chi connectivity index (χ3v) is 3.06. The molecule has 1 rings (SSSR count). The number of hydrogen-bond donors (Lipinski definition) is 1. The van der Waals surface area contributed by atoms with E-state index >= 15 is 0 Å². The molecule has 1 heterocycles. The molecule has 0 aliphatic carbocycles. The van der Waals surface area contributed by atoms with Gasteiger partial charge in [0.05, 0.1) is 5.01 Å². The summed E-state index contributed by atoms with van der Waals surface area (Å²) in [5.41, 5.74) is 0.510. The third kappa shape index (κ3) is 4.18. The van der Waals surface area contributed by atoms with E-state index in [0.717, 1.165) is 11.4 Å². The fourth-order valence-electron chi connectivity index (χ4n) is 1.11. The second-order valence-electron chi connectivity index (χ2n) is 3.54. The summed E-state index contributed by atoms with van der Waals surface area (Å²) in [5.74, 6) is 0.944. The van der Waals surface area contributed by atoms with Gasteiger partial charge in [-0.2, -0.15) is 0 Å². The predicted molar refractivity (Wildman–Crippen MR) is 63.7 cm³/mol. The number of thiazole rings is 1. The number of nitrogens with zero attached hydrogens (tertiary/aromatic N) is 1. The molecule has 0 saturated heterocycles. The number of nitrogens with one attached hydrogen (secondary N) is 1. The van der Waals surface area contributed by atoms with Crippen molar-refractivity contribution in [2.45, 2.75) is 20.3 Å². The van der Waals surface area contributed by atoms with Gasteiger partial charge in [-0.3, -0.25) is 4.79 Å². The molecular weight excluding hydrogens is 232 g/mol. The van der Waals surface area contributed by atoms with Gasteiger partial charge in [-0.05, 0) is 19.3 Å². The van der Waals surface area contributed by atoms with E-state index in [-0.39, 0.29) is 5.91 Å². The molecular formula is C10H15ClN2OS. The van der Waals surface area contributed by atoms with Crippen LogP contribution in [0.15, 0.2) is 5.38 Å². The van der Waals surface area contributed by atoms with Crippen molar-refractivity contribution in [3.8, 4) is 0 Å². The summed E-state index contributed by atoms with van der Waals surface area (Å²) >= 11 is 7.09. The zero-order valence-electron chi connectivity index (χ0n) is 8.92. The number of rotatable bonds is 5. The lowest BCUT2D eigenvalue weighted by atomic mass is 10.1. The van der Waals surface area contributed by atoms with Crippen molar-refractivity contribution < 1.29 is 4.79 Å². The van der Waals surface area contributed by atoms with Crippen LogP contribution in [-0.4, -0.2) is 23.3 Å². The first-order chi connectivity index (χ1) is 7.13. The summed E-state index contributed by atoms with van der Waals surface area (Å²) in [6.07, 6.45) is 0.915. The highest BCUT2D eigenvalue weighted by atomic mass is 35.5. The van der Waals surface area contributed by atoms with Crippen molar-refractivity contribution in [3.05, 3.63) is 16.1 Å². The highest BCUT2D eigenvalue weighted by molar-refractivity contribution is 7.09. The van der Waals surface area contributed by atoms with Crippen molar-refractivity contribution in [2.75, 3.05) is 12.4 Å². The molecule has 1 aromatic rings. The molecule has 1 amide bonds. The summed E-state index contributed by atoms with van der Waals surface area (Å²) in [4.78, 5) is 15.7. The standard InChI is InChI=1S/C10H15ClN2OS/c1-7(3-4-11)5-12-10(14)9-6-15-8(2)13-9/h6-7H,3-5H2,1-2H3,(H,12,14). The molecule has 1 unspecified atom stereocenters. The number of aryl methyl sites for hydroxylation is 1. The lowest BCUT2D eigenvalue weighted by Gasteiger charge is -2.09. The van der Waals surface area contributed by atoms with E-state index in [1.165, 1.54) is 11.3 Å². The van der Waals surface area contributed by atoms with Gasteiger partial charge in [-0.15, -0.1) is 22.9 Å². The molecule has 1 atom stereocenters. The van der Waals surface area contributed by atoms with Crippen LogP contribution in [0.3, 0.4) is 0 Å². The van der Waals surface area contributed by atoms with Crippen LogP contribution in [-0.2, 0) is 0 Å². The van der Waals surface area contributed by atoms with Gasteiger partial charge in [0.1, 0.15) is 5.69 Å². The van der Waals surface area contributed by atoms with Crippen LogP contribution in [0.4, 0.5) is 0 Å². The molecule has 5 heteroatoms. The molecule has 0 bridgehead atoms. The molecule has 3 nitrogen and oxygen atoms in total. The second-order valence-corrected chi connectivity index (χ2v) is 4.98. The fourth-order valence-corrected chi connectivity index (χ4v) is 2.08. The van der Waals surface area contributed by atoms with Gasteiger partial charge in [-0.25, -0.2) is 4.98 Å². The number of carbonyl (C=O) groups is 1. The van der Waals surface area contributed by atoms with Crippen LogP contribution >= 0.6 is 22.9 Å². The van der Waals surface area contributed by atoms with Crippen molar-refractivity contribution >= 4 is 28.8 Å². The molecule has 1 N–H and O–H groups in total. The molecule has 1 aromatic heterocycles. The Bertz CT molecular complexity index is 327. The maximum atomic E-state index is 11.6. The van der Waals surface area contributed by atoms with Gasteiger partial charge < -0.3 is 5.32 Å².